The van der Waals surface area contributed by atoms with Crippen LogP contribution < -0.4 is 15.7 Å². The fourth-order valence-electron chi connectivity index (χ4n) is 4.28. The second-order valence-electron chi connectivity index (χ2n) is 10.3. The summed E-state index contributed by atoms with van der Waals surface area (Å²) in [6.45, 7) is 12.0. The molecule has 0 spiro atoms. The summed E-state index contributed by atoms with van der Waals surface area (Å²) in [5.41, 5.74) is -0.630. The van der Waals surface area contributed by atoms with Crippen molar-refractivity contribution in [2.75, 3.05) is 0 Å². The summed E-state index contributed by atoms with van der Waals surface area (Å²) >= 11 is 0. The number of aliphatic hydroxyl groups is 1. The Morgan fingerprint density at radius 3 is 1.81 bits per heavy atom. The van der Waals surface area contributed by atoms with Crippen molar-refractivity contribution in [3.05, 3.63) is 72.8 Å². The molecule has 5 nitrogen and oxygen atoms in total. The Morgan fingerprint density at radius 2 is 1.38 bits per heavy atom. The maximum absolute atomic E-state index is 12.5. The molecule has 0 saturated carbocycles. The Morgan fingerprint density at radius 1 is 0.875 bits per heavy atom. The third kappa shape index (κ3) is 5.14. The summed E-state index contributed by atoms with van der Waals surface area (Å²) in [6, 6.07) is 20.0. The molecule has 172 valence electrons. The van der Waals surface area contributed by atoms with E-state index >= 15 is 0 Å². The van der Waals surface area contributed by atoms with E-state index in [-0.39, 0.29) is 5.04 Å². The van der Waals surface area contributed by atoms with E-state index in [1.807, 2.05) is 63.2 Å². The van der Waals surface area contributed by atoms with Gasteiger partial charge in [0.15, 0.2) is 0 Å². The Hall–Kier alpha value is -2.41. The number of ether oxygens (including phenoxy) is 1. The van der Waals surface area contributed by atoms with Crippen molar-refractivity contribution < 1.29 is 19.1 Å². The zero-order chi connectivity index (χ0) is 23.6. The minimum Gasteiger partial charge on any atom is -0.444 e. The summed E-state index contributed by atoms with van der Waals surface area (Å²) in [4.78, 5) is 12.5. The van der Waals surface area contributed by atoms with Crippen molar-refractivity contribution in [2.45, 2.75) is 70.4 Å². The molecule has 1 aliphatic rings. The van der Waals surface area contributed by atoms with Crippen LogP contribution in [0, 0.1) is 0 Å². The molecule has 32 heavy (non-hydrogen) atoms. The number of aliphatic hydroxyl groups excluding tert-OH is 1. The van der Waals surface area contributed by atoms with Crippen LogP contribution in [0.5, 0.6) is 0 Å². The molecule has 1 amide bonds. The van der Waals surface area contributed by atoms with Crippen molar-refractivity contribution in [3.8, 4) is 0 Å². The molecular formula is C26H35NO4Si. The summed E-state index contributed by atoms with van der Waals surface area (Å²) in [5.74, 6) is 0. The molecule has 0 saturated heterocycles. The second-order valence-corrected chi connectivity index (χ2v) is 14.5. The van der Waals surface area contributed by atoms with Crippen LogP contribution in [-0.2, 0) is 9.16 Å². The molecule has 0 aliphatic heterocycles. The van der Waals surface area contributed by atoms with E-state index in [0.717, 1.165) is 10.4 Å². The van der Waals surface area contributed by atoms with Crippen LogP contribution in [0.3, 0.4) is 0 Å². The molecule has 6 heteroatoms. The number of alkyl carbamates (subject to hydrolysis) is 1. The quantitative estimate of drug-likeness (QED) is 0.534. The van der Waals surface area contributed by atoms with Crippen molar-refractivity contribution >= 4 is 24.8 Å². The van der Waals surface area contributed by atoms with Crippen molar-refractivity contribution in [1.82, 2.24) is 5.32 Å². The highest BCUT2D eigenvalue weighted by Gasteiger charge is 2.53. The van der Waals surface area contributed by atoms with Gasteiger partial charge in [0.25, 0.3) is 8.32 Å². The van der Waals surface area contributed by atoms with Gasteiger partial charge >= 0.3 is 6.09 Å². The van der Waals surface area contributed by atoms with Crippen LogP contribution in [0.4, 0.5) is 4.79 Å². The number of rotatable bonds is 5. The first kappa shape index (κ1) is 24.2. The standard InChI is InChI=1S/C26H35NO4Si/c1-25(2,3)30-24(29)27-23-21(28)17-18-22(23)31-32(26(4,5)6,19-13-9-7-10-14-19)20-15-11-8-12-16-20/h7-18,21-23,28H,1-6H3,(H,27,29)/t21-,22+,23+/m1/s1. The van der Waals surface area contributed by atoms with Gasteiger partial charge in [-0.05, 0) is 36.2 Å². The molecule has 2 aromatic rings. The van der Waals surface area contributed by atoms with Crippen LogP contribution in [-0.4, -0.2) is 43.4 Å². The third-order valence-electron chi connectivity index (χ3n) is 5.63. The van der Waals surface area contributed by atoms with Gasteiger partial charge in [-0.25, -0.2) is 4.79 Å². The second kappa shape index (κ2) is 9.22. The molecule has 0 fully saturated rings. The lowest BCUT2D eigenvalue weighted by Crippen LogP contribution is -2.69. The van der Waals surface area contributed by atoms with Gasteiger partial charge in [-0.15, -0.1) is 0 Å². The number of carbonyl (C=O) groups is 1. The third-order valence-corrected chi connectivity index (χ3v) is 10.7. The molecule has 0 radical (unpaired) electrons. The number of amides is 1. The lowest BCUT2D eigenvalue weighted by Gasteiger charge is -2.45. The summed E-state index contributed by atoms with van der Waals surface area (Å²) in [6.07, 6.45) is 1.62. The highest BCUT2D eigenvalue weighted by Crippen LogP contribution is 2.38. The molecule has 2 N–H and O–H groups in total. The SMILES string of the molecule is CC(C)(C)OC(=O)N[C@H]1[C@H](O)C=C[C@@H]1O[Si](c1ccccc1)(c1ccccc1)C(C)(C)C. The van der Waals surface area contributed by atoms with Gasteiger partial charge in [-0.1, -0.05) is 93.6 Å². The number of carbonyl (C=O) groups excluding carboxylic acids is 1. The van der Waals surface area contributed by atoms with Gasteiger partial charge in [-0.2, -0.15) is 0 Å². The van der Waals surface area contributed by atoms with Crippen molar-refractivity contribution in [1.29, 1.82) is 0 Å². The highest BCUT2D eigenvalue weighted by molar-refractivity contribution is 6.99. The average molecular weight is 454 g/mol. The van der Waals surface area contributed by atoms with Gasteiger partial charge < -0.3 is 19.6 Å². The lowest BCUT2D eigenvalue weighted by atomic mass is 10.1. The van der Waals surface area contributed by atoms with E-state index in [0.29, 0.717) is 0 Å². The van der Waals surface area contributed by atoms with Gasteiger partial charge in [0.2, 0.25) is 0 Å². The van der Waals surface area contributed by atoms with Crippen LogP contribution in [0.25, 0.3) is 0 Å². The number of nitrogens with one attached hydrogen (secondary N) is 1. The lowest BCUT2D eigenvalue weighted by molar-refractivity contribution is 0.0386. The zero-order valence-electron chi connectivity index (χ0n) is 19.8. The van der Waals surface area contributed by atoms with Crippen LogP contribution in [0.15, 0.2) is 72.8 Å². The molecule has 2 aromatic carbocycles. The molecule has 0 bridgehead atoms. The Balaban J connectivity index is 2.03. The van der Waals surface area contributed by atoms with E-state index in [2.05, 4.69) is 50.4 Å². The molecule has 0 aromatic heterocycles. The minimum absolute atomic E-state index is 0.215. The summed E-state index contributed by atoms with van der Waals surface area (Å²) < 4.78 is 12.5. The summed E-state index contributed by atoms with van der Waals surface area (Å²) in [5, 5.41) is 15.5. The predicted molar refractivity (Wildman–Crippen MR) is 131 cm³/mol. The van der Waals surface area contributed by atoms with Gasteiger partial charge in [0.1, 0.15) is 5.60 Å². The van der Waals surface area contributed by atoms with Gasteiger partial charge in [0, 0.05) is 0 Å². The van der Waals surface area contributed by atoms with E-state index in [1.54, 1.807) is 6.08 Å². The number of benzene rings is 2. The molecule has 0 unspecified atom stereocenters. The van der Waals surface area contributed by atoms with Crippen LogP contribution >= 0.6 is 0 Å². The molecule has 1 aliphatic carbocycles. The fraction of sp³-hybridized carbons (Fsp3) is 0.423. The largest absolute Gasteiger partial charge is 0.444 e. The first-order chi connectivity index (χ1) is 14.9. The molecular weight excluding hydrogens is 418 g/mol. The number of hydrogen-bond donors (Lipinski definition) is 2. The van der Waals surface area contributed by atoms with Crippen LogP contribution in [0.1, 0.15) is 41.5 Å². The van der Waals surface area contributed by atoms with Crippen molar-refractivity contribution in [2.24, 2.45) is 0 Å². The highest BCUT2D eigenvalue weighted by atomic mass is 28.4. The topological polar surface area (TPSA) is 67.8 Å². The first-order valence-electron chi connectivity index (χ1n) is 11.1. The Kier molecular flexibility index (Phi) is 6.98. The average Bonchev–Trinajstić information content (AvgIpc) is 3.04. The van der Waals surface area contributed by atoms with Gasteiger partial charge in [0.05, 0.1) is 18.2 Å². The summed E-state index contributed by atoms with van der Waals surface area (Å²) in [7, 11) is -2.84. The smallest absolute Gasteiger partial charge is 0.408 e. The maximum atomic E-state index is 12.5. The first-order valence-corrected chi connectivity index (χ1v) is 13.0. The minimum atomic E-state index is -2.84. The van der Waals surface area contributed by atoms with E-state index in [1.165, 1.54) is 0 Å². The predicted octanol–water partition coefficient (Wildman–Crippen LogP) is 3.76. The Labute approximate surface area is 192 Å². The van der Waals surface area contributed by atoms with E-state index < -0.39 is 38.3 Å². The van der Waals surface area contributed by atoms with E-state index in [4.69, 9.17) is 9.16 Å². The van der Waals surface area contributed by atoms with E-state index in [9.17, 15) is 9.90 Å². The molecule has 0 heterocycles. The normalized spacial score (nSPS) is 21.4. The monoisotopic (exact) mass is 453 g/mol. The Bertz CT molecular complexity index is 892. The molecule has 3 rings (SSSR count). The van der Waals surface area contributed by atoms with Crippen molar-refractivity contribution in [3.63, 3.8) is 0 Å². The van der Waals surface area contributed by atoms with Crippen LogP contribution in [0.2, 0.25) is 5.04 Å². The fourth-order valence-corrected chi connectivity index (χ4v) is 8.92. The van der Waals surface area contributed by atoms with Gasteiger partial charge in [-0.3, -0.25) is 0 Å². The number of hydrogen-bond acceptors (Lipinski definition) is 4. The molecule has 3 atom stereocenters. The maximum Gasteiger partial charge on any atom is 0.408 e. The zero-order valence-corrected chi connectivity index (χ0v) is 20.8.